The van der Waals surface area contributed by atoms with Gasteiger partial charge in [-0.2, -0.15) is 0 Å². The fraction of sp³-hybridized carbons (Fsp3) is 0.320. The van der Waals surface area contributed by atoms with Gasteiger partial charge in [0.2, 0.25) is 11.8 Å². The number of amides is 3. The minimum atomic E-state index is -0.300. The van der Waals surface area contributed by atoms with Gasteiger partial charge < -0.3 is 10.1 Å². The summed E-state index contributed by atoms with van der Waals surface area (Å²) in [5, 5.41) is 2.84. The first-order valence-electron chi connectivity index (χ1n) is 10.7. The Morgan fingerprint density at radius 3 is 2.23 bits per heavy atom. The third kappa shape index (κ3) is 2.67. The van der Waals surface area contributed by atoms with Crippen molar-refractivity contribution in [2.45, 2.75) is 6.42 Å². The molecule has 156 valence electrons. The van der Waals surface area contributed by atoms with Gasteiger partial charge in [-0.15, -0.1) is 0 Å². The summed E-state index contributed by atoms with van der Waals surface area (Å²) in [7, 11) is 1.58. The molecule has 0 aromatic heterocycles. The van der Waals surface area contributed by atoms with Crippen molar-refractivity contribution in [1.82, 2.24) is 0 Å². The molecule has 1 N–H and O–H groups in total. The molecule has 6 nitrogen and oxygen atoms in total. The van der Waals surface area contributed by atoms with Crippen molar-refractivity contribution in [1.29, 1.82) is 0 Å². The summed E-state index contributed by atoms with van der Waals surface area (Å²) in [5.41, 5.74) is 1.50. The van der Waals surface area contributed by atoms with Crippen LogP contribution in [0.1, 0.15) is 16.8 Å². The SMILES string of the molecule is COc1ccc(NC(=O)c2cccc(N3C(=O)[C@@H]4[C@H]5C=C[C@@H]([C@@H]6C[C@@H]56)[C@H]4C3=O)c2)cc1. The number of anilines is 2. The maximum atomic E-state index is 13.3. The average Bonchev–Trinajstić information content (AvgIpc) is 3.57. The maximum Gasteiger partial charge on any atom is 0.255 e. The molecule has 2 bridgehead atoms. The van der Waals surface area contributed by atoms with Crippen LogP contribution in [0.4, 0.5) is 11.4 Å². The maximum absolute atomic E-state index is 13.3. The molecule has 1 saturated heterocycles. The molecule has 1 aliphatic heterocycles. The van der Waals surface area contributed by atoms with E-state index in [2.05, 4.69) is 17.5 Å². The predicted octanol–water partition coefficient (Wildman–Crippen LogP) is 3.51. The second kappa shape index (κ2) is 6.54. The van der Waals surface area contributed by atoms with Gasteiger partial charge in [0.05, 0.1) is 24.6 Å². The van der Waals surface area contributed by atoms with Gasteiger partial charge in [0.1, 0.15) is 5.75 Å². The van der Waals surface area contributed by atoms with Crippen LogP contribution < -0.4 is 15.0 Å². The molecule has 4 aliphatic carbocycles. The van der Waals surface area contributed by atoms with Crippen LogP contribution in [-0.2, 0) is 9.59 Å². The van der Waals surface area contributed by atoms with Gasteiger partial charge in [0, 0.05) is 11.3 Å². The molecule has 2 saturated carbocycles. The van der Waals surface area contributed by atoms with Gasteiger partial charge >= 0.3 is 0 Å². The highest BCUT2D eigenvalue weighted by Gasteiger charge is 2.67. The molecule has 3 amide bonds. The van der Waals surface area contributed by atoms with E-state index in [9.17, 15) is 14.4 Å². The van der Waals surface area contributed by atoms with E-state index in [1.165, 1.54) is 4.90 Å². The Morgan fingerprint density at radius 2 is 1.61 bits per heavy atom. The first-order chi connectivity index (χ1) is 15.1. The Bertz CT molecular complexity index is 1100. The zero-order valence-corrected chi connectivity index (χ0v) is 17.0. The third-order valence-electron chi connectivity index (χ3n) is 7.38. The van der Waals surface area contributed by atoms with Crippen molar-refractivity contribution >= 4 is 29.1 Å². The number of rotatable bonds is 4. The lowest BCUT2D eigenvalue weighted by Crippen LogP contribution is -2.40. The van der Waals surface area contributed by atoms with Crippen LogP contribution in [0.15, 0.2) is 60.7 Å². The molecule has 3 fully saturated rings. The number of benzene rings is 2. The molecule has 2 aromatic rings. The van der Waals surface area contributed by atoms with Crippen LogP contribution in [-0.4, -0.2) is 24.8 Å². The van der Waals surface area contributed by atoms with E-state index in [1.54, 1.807) is 55.6 Å². The molecule has 31 heavy (non-hydrogen) atoms. The normalized spacial score (nSPS) is 32.0. The molecule has 7 rings (SSSR count). The Morgan fingerprint density at radius 1 is 0.968 bits per heavy atom. The third-order valence-corrected chi connectivity index (χ3v) is 7.38. The van der Waals surface area contributed by atoms with Crippen LogP contribution in [0, 0.1) is 35.5 Å². The van der Waals surface area contributed by atoms with Crippen molar-refractivity contribution in [3.8, 4) is 5.75 Å². The smallest absolute Gasteiger partial charge is 0.255 e. The van der Waals surface area contributed by atoms with Gasteiger partial charge in [-0.3, -0.25) is 14.4 Å². The van der Waals surface area contributed by atoms with Gasteiger partial charge in [-0.25, -0.2) is 4.90 Å². The molecule has 6 atom stereocenters. The monoisotopic (exact) mass is 414 g/mol. The topological polar surface area (TPSA) is 75.7 Å². The summed E-state index contributed by atoms with van der Waals surface area (Å²) < 4.78 is 5.13. The van der Waals surface area contributed by atoms with E-state index in [-0.39, 0.29) is 41.4 Å². The van der Waals surface area contributed by atoms with Crippen molar-refractivity contribution < 1.29 is 19.1 Å². The lowest BCUT2D eigenvalue weighted by atomic mass is 9.63. The van der Waals surface area contributed by atoms with Crippen molar-refractivity contribution in [2.24, 2.45) is 35.5 Å². The summed E-state index contributed by atoms with van der Waals surface area (Å²) in [6, 6.07) is 13.8. The number of hydrogen-bond acceptors (Lipinski definition) is 4. The quantitative estimate of drug-likeness (QED) is 0.614. The number of carbonyl (C=O) groups is 3. The number of methoxy groups -OCH3 is 1. The molecule has 5 aliphatic rings. The summed E-state index contributed by atoms with van der Waals surface area (Å²) in [6.45, 7) is 0. The van der Waals surface area contributed by atoms with E-state index in [0.717, 1.165) is 6.42 Å². The highest BCUT2D eigenvalue weighted by Crippen LogP contribution is 2.65. The van der Waals surface area contributed by atoms with Gasteiger partial charge in [-0.05, 0) is 72.6 Å². The first-order valence-corrected chi connectivity index (χ1v) is 10.7. The van der Waals surface area contributed by atoms with E-state index < -0.39 is 0 Å². The minimum absolute atomic E-state index is 0.118. The molecule has 0 spiro atoms. The fourth-order valence-electron chi connectivity index (χ4n) is 5.88. The number of hydrogen-bond donors (Lipinski definition) is 1. The van der Waals surface area contributed by atoms with Crippen LogP contribution in [0.25, 0.3) is 0 Å². The zero-order valence-electron chi connectivity index (χ0n) is 17.0. The highest BCUT2D eigenvalue weighted by atomic mass is 16.5. The van der Waals surface area contributed by atoms with Crippen molar-refractivity contribution in [3.05, 3.63) is 66.2 Å². The van der Waals surface area contributed by atoms with Gasteiger partial charge in [0.15, 0.2) is 0 Å². The van der Waals surface area contributed by atoms with Crippen molar-refractivity contribution in [3.63, 3.8) is 0 Å². The lowest BCUT2D eigenvalue weighted by molar-refractivity contribution is -0.124. The Kier molecular flexibility index (Phi) is 3.88. The van der Waals surface area contributed by atoms with E-state index in [0.29, 0.717) is 34.5 Å². The molecule has 0 radical (unpaired) electrons. The van der Waals surface area contributed by atoms with E-state index in [4.69, 9.17) is 4.74 Å². The van der Waals surface area contributed by atoms with Crippen LogP contribution in [0.2, 0.25) is 0 Å². The van der Waals surface area contributed by atoms with Gasteiger partial charge in [-0.1, -0.05) is 18.2 Å². The summed E-state index contributed by atoms with van der Waals surface area (Å²) >= 11 is 0. The largest absolute Gasteiger partial charge is 0.497 e. The van der Waals surface area contributed by atoms with E-state index >= 15 is 0 Å². The second-order valence-electron chi connectivity index (χ2n) is 8.90. The van der Waals surface area contributed by atoms with Crippen molar-refractivity contribution in [2.75, 3.05) is 17.3 Å². The van der Waals surface area contributed by atoms with Crippen LogP contribution in [0.5, 0.6) is 5.75 Å². The molecular formula is C25H22N2O4. The fourth-order valence-corrected chi connectivity index (χ4v) is 5.88. The number of carbonyl (C=O) groups excluding carboxylic acids is 3. The molecule has 0 unspecified atom stereocenters. The summed E-state index contributed by atoms with van der Waals surface area (Å²) in [6.07, 6.45) is 5.46. The summed E-state index contributed by atoms with van der Waals surface area (Å²) in [5.74, 6) is 1.17. The average molecular weight is 414 g/mol. The Hall–Kier alpha value is -3.41. The molecule has 6 heteroatoms. The predicted molar refractivity (Wildman–Crippen MR) is 115 cm³/mol. The summed E-state index contributed by atoms with van der Waals surface area (Å²) in [4.78, 5) is 40.7. The standard InChI is InChI=1S/C25H22N2O4/c1-31-16-7-5-14(6-8-16)26-23(28)13-3-2-4-15(11-13)27-24(29)21-17-9-10-18(20-12-19(17)20)22(21)25(27)30/h2-11,17-22H,12H2,1H3,(H,26,28)/t17-,18-,19-,20-,21+,22+/m0/s1. The number of nitrogens with one attached hydrogen (secondary N) is 1. The molecule has 1 heterocycles. The lowest BCUT2D eigenvalue weighted by Gasteiger charge is -2.37. The molecule has 2 aromatic carbocycles. The minimum Gasteiger partial charge on any atom is -0.497 e. The van der Waals surface area contributed by atoms with Crippen LogP contribution >= 0.6 is 0 Å². The molecular weight excluding hydrogens is 392 g/mol. The Labute approximate surface area is 179 Å². The van der Waals surface area contributed by atoms with E-state index in [1.807, 2.05) is 0 Å². The van der Waals surface area contributed by atoms with Crippen LogP contribution in [0.3, 0.4) is 0 Å². The first kappa shape index (κ1) is 18.4. The number of imide groups is 1. The van der Waals surface area contributed by atoms with Gasteiger partial charge in [0.25, 0.3) is 5.91 Å². The number of allylic oxidation sites excluding steroid dienone is 2. The Balaban J connectivity index is 1.26. The second-order valence-corrected chi connectivity index (χ2v) is 8.90. The number of nitrogens with zero attached hydrogens (tertiary/aromatic N) is 1. The zero-order chi connectivity index (χ0) is 21.3. The highest BCUT2D eigenvalue weighted by molar-refractivity contribution is 6.23. The number of ether oxygens (including phenoxy) is 1.